The molecule has 0 aromatic heterocycles. The van der Waals surface area contributed by atoms with Crippen LogP contribution in [0.5, 0.6) is 0 Å². The predicted octanol–water partition coefficient (Wildman–Crippen LogP) is -1.15. The Balaban J connectivity index is 2.44. The van der Waals surface area contributed by atoms with Gasteiger partial charge in [0.05, 0.1) is 13.2 Å². The van der Waals surface area contributed by atoms with Crippen LogP contribution in [0.3, 0.4) is 0 Å². The number of carbonyl (C=O) groups excluding carboxylic acids is 2. The number of aliphatic hydroxyl groups excluding tert-OH is 1. The van der Waals surface area contributed by atoms with Crippen LogP contribution in [0.1, 0.15) is 6.92 Å². The minimum Gasteiger partial charge on any atom is -0.395 e. The van der Waals surface area contributed by atoms with Crippen molar-refractivity contribution in [3.63, 3.8) is 0 Å². The normalized spacial score (nSPS) is 18.1. The Labute approximate surface area is 88.8 Å². The van der Waals surface area contributed by atoms with E-state index in [0.29, 0.717) is 13.1 Å². The van der Waals surface area contributed by atoms with Crippen LogP contribution in [0, 0.1) is 0 Å². The Bertz CT molecular complexity index is 257. The first-order chi connectivity index (χ1) is 7.06. The molecular formula is C9H17N3O3. The second-order valence-corrected chi connectivity index (χ2v) is 3.72. The van der Waals surface area contributed by atoms with Crippen molar-refractivity contribution in [1.29, 1.82) is 0 Å². The van der Waals surface area contributed by atoms with Crippen LogP contribution in [0.15, 0.2) is 0 Å². The Hall–Kier alpha value is -1.14. The lowest BCUT2D eigenvalue weighted by molar-refractivity contribution is -0.129. The van der Waals surface area contributed by atoms with E-state index in [1.54, 1.807) is 11.9 Å². The van der Waals surface area contributed by atoms with Gasteiger partial charge in [-0.3, -0.25) is 14.6 Å². The van der Waals surface area contributed by atoms with Gasteiger partial charge in [-0.15, -0.1) is 0 Å². The third-order valence-electron chi connectivity index (χ3n) is 2.56. The van der Waals surface area contributed by atoms with Crippen LogP contribution < -0.4 is 5.32 Å². The quantitative estimate of drug-likeness (QED) is 0.621. The van der Waals surface area contributed by atoms with Gasteiger partial charge in [-0.2, -0.15) is 0 Å². The van der Waals surface area contributed by atoms with E-state index in [9.17, 15) is 9.59 Å². The van der Waals surface area contributed by atoms with Crippen LogP contribution >= 0.6 is 0 Å². The number of rotatable bonds is 4. The van der Waals surface area contributed by atoms with Crippen LogP contribution in [-0.4, -0.2) is 66.2 Å². The summed E-state index contributed by atoms with van der Waals surface area (Å²) in [6.45, 7) is 2.91. The van der Waals surface area contributed by atoms with Gasteiger partial charge in [0.15, 0.2) is 0 Å². The van der Waals surface area contributed by atoms with Gasteiger partial charge in [-0.25, -0.2) is 4.79 Å². The van der Waals surface area contributed by atoms with Crippen LogP contribution in [-0.2, 0) is 4.79 Å². The number of aliphatic hydroxyl groups is 1. The fourth-order valence-electron chi connectivity index (χ4n) is 1.30. The van der Waals surface area contributed by atoms with E-state index in [2.05, 4.69) is 5.32 Å². The molecule has 0 spiro atoms. The summed E-state index contributed by atoms with van der Waals surface area (Å²) in [5, 5.41) is 11.5. The van der Waals surface area contributed by atoms with E-state index >= 15 is 0 Å². The molecule has 2 N–H and O–H groups in total. The maximum atomic E-state index is 11.6. The summed E-state index contributed by atoms with van der Waals surface area (Å²) in [7, 11) is 1.74. The van der Waals surface area contributed by atoms with E-state index < -0.39 is 0 Å². The predicted molar refractivity (Wildman–Crippen MR) is 54.3 cm³/mol. The third-order valence-corrected chi connectivity index (χ3v) is 2.56. The van der Waals surface area contributed by atoms with Crippen molar-refractivity contribution in [3.05, 3.63) is 0 Å². The molecule has 1 aliphatic heterocycles. The number of urea groups is 1. The van der Waals surface area contributed by atoms with Gasteiger partial charge in [0.1, 0.15) is 0 Å². The minimum absolute atomic E-state index is 0.00399. The number of carbonyl (C=O) groups is 2. The molecule has 0 radical (unpaired) electrons. The molecule has 1 saturated heterocycles. The molecule has 6 nitrogen and oxygen atoms in total. The minimum atomic E-state index is -0.329. The van der Waals surface area contributed by atoms with Gasteiger partial charge in [0.25, 0.3) is 0 Å². The summed E-state index contributed by atoms with van der Waals surface area (Å²) in [6, 6.07) is -0.412. The molecule has 1 atom stereocenters. The van der Waals surface area contributed by atoms with Crippen LogP contribution in [0.2, 0.25) is 0 Å². The molecule has 0 aromatic carbocycles. The van der Waals surface area contributed by atoms with Crippen molar-refractivity contribution < 1.29 is 14.7 Å². The molecule has 0 aliphatic carbocycles. The van der Waals surface area contributed by atoms with Gasteiger partial charge < -0.3 is 10.4 Å². The number of hydrogen-bond donors (Lipinski definition) is 2. The van der Waals surface area contributed by atoms with Gasteiger partial charge >= 0.3 is 6.03 Å². The molecule has 15 heavy (non-hydrogen) atoms. The molecule has 86 valence electrons. The molecule has 1 heterocycles. The molecule has 1 fully saturated rings. The Kier molecular flexibility index (Phi) is 4.05. The highest BCUT2D eigenvalue weighted by Crippen LogP contribution is 2.01. The topological polar surface area (TPSA) is 72.9 Å². The van der Waals surface area contributed by atoms with E-state index in [1.165, 1.54) is 4.90 Å². The Morgan fingerprint density at radius 1 is 1.73 bits per heavy atom. The second kappa shape index (κ2) is 5.09. The van der Waals surface area contributed by atoms with Crippen molar-refractivity contribution in [2.75, 3.05) is 33.3 Å². The largest absolute Gasteiger partial charge is 0.395 e. The highest BCUT2D eigenvalue weighted by molar-refractivity contribution is 5.96. The Morgan fingerprint density at radius 3 is 2.87 bits per heavy atom. The SMILES string of the molecule is CC(CO)N(C)CC(=O)N1CCNC1=O. The average molecular weight is 215 g/mol. The average Bonchev–Trinajstić information content (AvgIpc) is 2.63. The number of nitrogens with one attached hydrogen (secondary N) is 1. The standard InChI is InChI=1S/C9H17N3O3/c1-7(6-13)11(2)5-8(14)12-4-3-10-9(12)15/h7,13H,3-6H2,1-2H3,(H,10,15). The number of nitrogens with zero attached hydrogens (tertiary/aromatic N) is 2. The highest BCUT2D eigenvalue weighted by atomic mass is 16.3. The zero-order valence-corrected chi connectivity index (χ0v) is 9.06. The second-order valence-electron chi connectivity index (χ2n) is 3.72. The van der Waals surface area contributed by atoms with Crippen molar-refractivity contribution >= 4 is 11.9 Å². The summed E-state index contributed by atoms with van der Waals surface area (Å²) in [5.74, 6) is -0.229. The molecule has 0 aromatic rings. The number of amides is 3. The lowest BCUT2D eigenvalue weighted by Gasteiger charge is -2.23. The summed E-state index contributed by atoms with van der Waals surface area (Å²) < 4.78 is 0. The molecular weight excluding hydrogens is 198 g/mol. The monoisotopic (exact) mass is 215 g/mol. The first-order valence-corrected chi connectivity index (χ1v) is 4.95. The molecule has 6 heteroatoms. The zero-order chi connectivity index (χ0) is 11.4. The smallest absolute Gasteiger partial charge is 0.324 e. The maximum Gasteiger partial charge on any atom is 0.324 e. The first-order valence-electron chi connectivity index (χ1n) is 4.95. The van der Waals surface area contributed by atoms with Crippen molar-refractivity contribution in [2.24, 2.45) is 0 Å². The van der Waals surface area contributed by atoms with Crippen molar-refractivity contribution in [1.82, 2.24) is 15.1 Å². The van der Waals surface area contributed by atoms with E-state index in [4.69, 9.17) is 5.11 Å². The molecule has 0 bridgehead atoms. The maximum absolute atomic E-state index is 11.6. The lowest BCUT2D eigenvalue weighted by atomic mass is 10.3. The molecule has 1 aliphatic rings. The highest BCUT2D eigenvalue weighted by Gasteiger charge is 2.27. The lowest BCUT2D eigenvalue weighted by Crippen LogP contribution is -2.44. The zero-order valence-electron chi connectivity index (χ0n) is 9.06. The van der Waals surface area contributed by atoms with E-state index in [0.717, 1.165) is 0 Å². The molecule has 1 rings (SSSR count). The fourth-order valence-corrected chi connectivity index (χ4v) is 1.30. The number of likely N-dealkylation sites (N-methyl/N-ethyl adjacent to an activating group) is 1. The molecule has 0 saturated carbocycles. The van der Waals surface area contributed by atoms with E-state index in [1.807, 2.05) is 6.92 Å². The van der Waals surface area contributed by atoms with E-state index in [-0.39, 0.29) is 31.1 Å². The van der Waals surface area contributed by atoms with Gasteiger partial charge in [-0.1, -0.05) is 0 Å². The van der Waals surface area contributed by atoms with Crippen LogP contribution in [0.25, 0.3) is 0 Å². The Morgan fingerprint density at radius 2 is 2.40 bits per heavy atom. The summed E-state index contributed by atoms with van der Waals surface area (Å²) in [6.07, 6.45) is 0. The summed E-state index contributed by atoms with van der Waals surface area (Å²) in [4.78, 5) is 25.7. The summed E-state index contributed by atoms with van der Waals surface area (Å²) >= 11 is 0. The molecule has 1 unspecified atom stereocenters. The van der Waals surface area contributed by atoms with Crippen molar-refractivity contribution in [2.45, 2.75) is 13.0 Å². The van der Waals surface area contributed by atoms with Gasteiger partial charge in [0.2, 0.25) is 5.91 Å². The van der Waals surface area contributed by atoms with Gasteiger partial charge in [0, 0.05) is 19.1 Å². The number of hydrogen-bond acceptors (Lipinski definition) is 4. The molecule has 3 amide bonds. The van der Waals surface area contributed by atoms with Crippen molar-refractivity contribution in [3.8, 4) is 0 Å². The van der Waals surface area contributed by atoms with Gasteiger partial charge in [-0.05, 0) is 14.0 Å². The summed E-state index contributed by atoms with van der Waals surface area (Å²) in [5.41, 5.74) is 0. The first kappa shape index (κ1) is 11.9. The fraction of sp³-hybridized carbons (Fsp3) is 0.778. The van der Waals surface area contributed by atoms with Crippen LogP contribution in [0.4, 0.5) is 4.79 Å². The third kappa shape index (κ3) is 2.90. The number of imide groups is 1.